The molecule has 0 aromatic heterocycles. The maximum Gasteiger partial charge on any atom is 0.266 e. The molecule has 0 atom stereocenters. The highest BCUT2D eigenvalue weighted by Crippen LogP contribution is 2.34. The van der Waals surface area contributed by atoms with Crippen LogP contribution in [0, 0.1) is 22.7 Å². The second-order valence-electron chi connectivity index (χ2n) is 5.10. The number of amides is 1. The van der Waals surface area contributed by atoms with Gasteiger partial charge >= 0.3 is 0 Å². The number of benzene rings is 2. The summed E-state index contributed by atoms with van der Waals surface area (Å²) in [5.41, 5.74) is 0.958. The molecule has 6 nitrogen and oxygen atoms in total. The number of anilines is 1. The lowest BCUT2D eigenvalue weighted by Crippen LogP contribution is -2.13. The predicted molar refractivity (Wildman–Crippen MR) is 105 cm³/mol. The molecule has 27 heavy (non-hydrogen) atoms. The topological polar surface area (TPSA) is 95.1 Å². The minimum Gasteiger partial charge on any atom is -0.493 e. The molecule has 136 valence electrons. The van der Waals surface area contributed by atoms with E-state index in [1.807, 2.05) is 12.1 Å². The molecule has 0 saturated carbocycles. The van der Waals surface area contributed by atoms with Gasteiger partial charge in [0.05, 0.1) is 7.11 Å². The maximum atomic E-state index is 12.4. The van der Waals surface area contributed by atoms with E-state index in [4.69, 9.17) is 26.3 Å². The molecule has 0 fully saturated rings. The van der Waals surface area contributed by atoms with E-state index in [0.717, 1.165) is 0 Å². The lowest BCUT2D eigenvalue weighted by molar-refractivity contribution is -0.112. The van der Waals surface area contributed by atoms with Crippen LogP contribution in [0.25, 0.3) is 6.08 Å². The molecule has 2 rings (SSSR count). The Hall–Kier alpha value is -3.00. The van der Waals surface area contributed by atoms with E-state index in [1.54, 1.807) is 36.4 Å². The van der Waals surface area contributed by atoms with Crippen molar-refractivity contribution < 1.29 is 14.3 Å². The van der Waals surface area contributed by atoms with Crippen molar-refractivity contribution in [2.45, 2.75) is 0 Å². The Bertz CT molecular complexity index is 960. The van der Waals surface area contributed by atoms with Gasteiger partial charge in [0, 0.05) is 15.2 Å². The Balaban J connectivity index is 2.30. The molecule has 0 saturated heterocycles. The van der Waals surface area contributed by atoms with Crippen LogP contribution in [-0.2, 0) is 4.79 Å². The minimum absolute atomic E-state index is 0.0987. The molecule has 2 aromatic carbocycles. The van der Waals surface area contributed by atoms with E-state index in [9.17, 15) is 10.1 Å². The number of methoxy groups -OCH3 is 1. The van der Waals surface area contributed by atoms with Gasteiger partial charge in [-0.1, -0.05) is 27.5 Å². The van der Waals surface area contributed by atoms with Crippen molar-refractivity contribution in [3.63, 3.8) is 0 Å². The Morgan fingerprint density at radius 3 is 2.56 bits per heavy atom. The van der Waals surface area contributed by atoms with Crippen LogP contribution in [0.15, 0.2) is 46.4 Å². The quantitative estimate of drug-likeness (QED) is 0.518. The lowest BCUT2D eigenvalue weighted by atomic mass is 10.1. The summed E-state index contributed by atoms with van der Waals surface area (Å²) in [4.78, 5) is 12.4. The third-order valence-electron chi connectivity index (χ3n) is 3.34. The second kappa shape index (κ2) is 9.63. The summed E-state index contributed by atoms with van der Waals surface area (Å²) in [6, 6.07) is 13.5. The minimum atomic E-state index is -0.560. The summed E-state index contributed by atoms with van der Waals surface area (Å²) < 4.78 is 11.1. The van der Waals surface area contributed by atoms with Gasteiger partial charge in [0.25, 0.3) is 5.91 Å². The largest absolute Gasteiger partial charge is 0.493 e. The van der Waals surface area contributed by atoms with E-state index in [0.29, 0.717) is 32.2 Å². The van der Waals surface area contributed by atoms with Crippen LogP contribution in [0.3, 0.4) is 0 Å². The number of rotatable bonds is 6. The van der Waals surface area contributed by atoms with Crippen molar-refractivity contribution in [3.8, 4) is 23.6 Å². The number of carbonyl (C=O) groups is 1. The molecule has 0 heterocycles. The maximum absolute atomic E-state index is 12.4. The smallest absolute Gasteiger partial charge is 0.266 e. The van der Waals surface area contributed by atoms with Gasteiger partial charge in [-0.2, -0.15) is 10.5 Å². The number of hydrogen-bond donors (Lipinski definition) is 1. The lowest BCUT2D eigenvalue weighted by Gasteiger charge is -2.11. The monoisotopic (exact) mass is 445 g/mol. The first-order valence-corrected chi connectivity index (χ1v) is 8.71. The number of nitrogens with one attached hydrogen (secondary N) is 1. The van der Waals surface area contributed by atoms with Gasteiger partial charge in [0.2, 0.25) is 0 Å². The van der Waals surface area contributed by atoms with Crippen LogP contribution < -0.4 is 14.8 Å². The third-order valence-corrected chi connectivity index (χ3v) is 4.28. The number of hydrogen-bond acceptors (Lipinski definition) is 5. The highest BCUT2D eigenvalue weighted by atomic mass is 79.9. The molecule has 0 radical (unpaired) electrons. The molecule has 8 heteroatoms. The Kier molecular flexibility index (Phi) is 7.25. The van der Waals surface area contributed by atoms with Crippen molar-refractivity contribution in [3.05, 3.63) is 57.0 Å². The first kappa shape index (κ1) is 20.3. The van der Waals surface area contributed by atoms with Crippen LogP contribution in [0.1, 0.15) is 5.56 Å². The fourth-order valence-corrected chi connectivity index (χ4v) is 2.64. The highest BCUT2D eigenvalue weighted by molar-refractivity contribution is 9.10. The fourth-order valence-electron chi connectivity index (χ4n) is 2.08. The Morgan fingerprint density at radius 1 is 1.26 bits per heavy atom. The molecule has 0 spiro atoms. The van der Waals surface area contributed by atoms with Gasteiger partial charge in [-0.25, -0.2) is 0 Å². The molecule has 1 N–H and O–H groups in total. The molecular formula is C19H13BrClN3O3. The van der Waals surface area contributed by atoms with Crippen LogP contribution in [-0.4, -0.2) is 19.6 Å². The van der Waals surface area contributed by atoms with Crippen molar-refractivity contribution in [2.24, 2.45) is 0 Å². The van der Waals surface area contributed by atoms with Crippen LogP contribution in [0.2, 0.25) is 5.02 Å². The summed E-state index contributed by atoms with van der Waals surface area (Å²) in [6.45, 7) is -0.134. The van der Waals surface area contributed by atoms with Gasteiger partial charge in [0.15, 0.2) is 18.1 Å². The highest BCUT2D eigenvalue weighted by Gasteiger charge is 2.14. The Morgan fingerprint density at radius 2 is 1.96 bits per heavy atom. The molecule has 0 aliphatic rings. The van der Waals surface area contributed by atoms with Crippen molar-refractivity contribution in [2.75, 3.05) is 19.0 Å². The first-order chi connectivity index (χ1) is 13.0. The van der Waals surface area contributed by atoms with Crippen LogP contribution in [0.5, 0.6) is 11.5 Å². The van der Waals surface area contributed by atoms with E-state index in [-0.39, 0.29) is 12.2 Å². The molecular weight excluding hydrogens is 434 g/mol. The molecule has 0 unspecified atom stereocenters. The standard InChI is InChI=1S/C19H13BrClN3O3/c1-26-17-9-12(16(20)10-18(17)27-7-6-22)8-13(11-23)19(25)24-15-4-2-14(21)3-5-15/h2-5,8-10H,7H2,1H3,(H,24,25)/b13-8-. The first-order valence-electron chi connectivity index (χ1n) is 7.54. The SMILES string of the molecule is COc1cc(/C=C(/C#N)C(=O)Nc2ccc(Cl)cc2)c(Br)cc1OCC#N. The molecule has 2 aromatic rings. The van der Waals surface area contributed by atoms with E-state index < -0.39 is 5.91 Å². The second-order valence-corrected chi connectivity index (χ2v) is 6.39. The average molecular weight is 447 g/mol. The average Bonchev–Trinajstić information content (AvgIpc) is 2.67. The van der Waals surface area contributed by atoms with Crippen molar-refractivity contribution in [1.29, 1.82) is 10.5 Å². The predicted octanol–water partition coefficient (Wildman–Crippen LogP) is 4.56. The summed E-state index contributed by atoms with van der Waals surface area (Å²) in [7, 11) is 1.45. The molecule has 0 bridgehead atoms. The number of halogens is 2. The van der Waals surface area contributed by atoms with E-state index in [2.05, 4.69) is 21.2 Å². The third kappa shape index (κ3) is 5.49. The zero-order valence-corrected chi connectivity index (χ0v) is 16.5. The fraction of sp³-hybridized carbons (Fsp3) is 0.105. The van der Waals surface area contributed by atoms with Crippen LogP contribution >= 0.6 is 27.5 Å². The zero-order chi connectivity index (χ0) is 19.8. The van der Waals surface area contributed by atoms with Gasteiger partial charge in [0.1, 0.15) is 17.7 Å². The molecule has 1 amide bonds. The zero-order valence-electron chi connectivity index (χ0n) is 14.1. The number of carbonyl (C=O) groups excluding carboxylic acids is 1. The summed E-state index contributed by atoms with van der Waals surface area (Å²) >= 11 is 9.18. The van der Waals surface area contributed by atoms with Gasteiger partial charge in [-0.3, -0.25) is 4.79 Å². The van der Waals surface area contributed by atoms with Gasteiger partial charge in [-0.05, 0) is 48.0 Å². The van der Waals surface area contributed by atoms with E-state index >= 15 is 0 Å². The van der Waals surface area contributed by atoms with Crippen molar-refractivity contribution >= 4 is 45.2 Å². The summed E-state index contributed by atoms with van der Waals surface area (Å²) in [6.07, 6.45) is 1.42. The molecule has 0 aliphatic carbocycles. The van der Waals surface area contributed by atoms with E-state index in [1.165, 1.54) is 13.2 Å². The van der Waals surface area contributed by atoms with Gasteiger partial charge in [-0.15, -0.1) is 0 Å². The Labute approximate surface area is 169 Å². The number of nitriles is 2. The van der Waals surface area contributed by atoms with Crippen molar-refractivity contribution in [1.82, 2.24) is 0 Å². The summed E-state index contributed by atoms with van der Waals surface area (Å²) in [5.74, 6) is 0.179. The number of ether oxygens (including phenoxy) is 2. The van der Waals surface area contributed by atoms with Gasteiger partial charge < -0.3 is 14.8 Å². The molecule has 0 aliphatic heterocycles. The number of nitrogens with zero attached hydrogens (tertiary/aromatic N) is 2. The van der Waals surface area contributed by atoms with Crippen LogP contribution in [0.4, 0.5) is 5.69 Å². The summed E-state index contributed by atoms with van der Waals surface area (Å²) in [5, 5.41) is 21.2. The normalized spacial score (nSPS) is 10.5.